The average molecular weight is 517 g/mol. The number of benzene rings is 1. The van der Waals surface area contributed by atoms with Gasteiger partial charge in [0.05, 0.1) is 30.4 Å². The number of nitrogens with zero attached hydrogens (tertiary/aromatic N) is 7. The Balaban J connectivity index is 1.75. The Bertz CT molecular complexity index is 1710. The first-order valence-electron chi connectivity index (χ1n) is 12.5. The van der Waals surface area contributed by atoms with Gasteiger partial charge >= 0.3 is 11.7 Å². The van der Waals surface area contributed by atoms with Crippen LogP contribution in [0.25, 0.3) is 22.1 Å². The van der Waals surface area contributed by atoms with Gasteiger partial charge < -0.3 is 19.9 Å². The maximum absolute atomic E-state index is 13.9. The Kier molecular flexibility index (Phi) is 6.69. The number of rotatable bonds is 6. The zero-order chi connectivity index (χ0) is 27.0. The number of aryl methyl sites for hydroxylation is 1. The summed E-state index contributed by atoms with van der Waals surface area (Å²) in [6.45, 7) is 2.88. The first kappa shape index (κ1) is 25.2. The molecule has 0 radical (unpaired) electrons. The summed E-state index contributed by atoms with van der Waals surface area (Å²) in [5, 5.41) is 10.5. The van der Waals surface area contributed by atoms with Gasteiger partial charge in [-0.25, -0.2) is 9.78 Å². The molecular weight excluding hydrogens is 488 g/mol. The second-order valence-electron chi connectivity index (χ2n) is 9.30. The Morgan fingerprint density at radius 2 is 2.00 bits per heavy atom. The minimum absolute atomic E-state index is 0.0360. The Labute approximate surface area is 217 Å². The molecule has 1 aliphatic rings. The average Bonchev–Trinajstić information content (AvgIpc) is 3.32. The van der Waals surface area contributed by atoms with E-state index in [-0.39, 0.29) is 35.0 Å². The second-order valence-corrected chi connectivity index (χ2v) is 9.30. The smallest absolute Gasteiger partial charge is 0.333 e. The molecule has 1 atom stereocenters. The fraction of sp³-hybridized carbons (Fsp3) is 0.385. The van der Waals surface area contributed by atoms with E-state index in [1.807, 2.05) is 30.0 Å². The summed E-state index contributed by atoms with van der Waals surface area (Å²) in [4.78, 5) is 51.1. The highest BCUT2D eigenvalue weighted by Gasteiger charge is 2.27. The lowest BCUT2D eigenvalue weighted by Gasteiger charge is -2.31. The minimum Gasteiger partial charge on any atom is -0.468 e. The molecule has 3 aromatic heterocycles. The lowest BCUT2D eigenvalue weighted by Crippen LogP contribution is -2.44. The van der Waals surface area contributed by atoms with Crippen molar-refractivity contribution in [2.45, 2.75) is 45.4 Å². The van der Waals surface area contributed by atoms with Crippen LogP contribution in [0.5, 0.6) is 0 Å². The zero-order valence-electron chi connectivity index (χ0n) is 21.3. The molecular formula is C26H28N8O4. The number of hydrogen-bond donors (Lipinski definition) is 1. The number of nitriles is 1. The summed E-state index contributed by atoms with van der Waals surface area (Å²) in [6, 6.07) is 11.1. The number of nitrogens with two attached hydrogens (primary N) is 1. The normalized spacial score (nSPS) is 15.6. The molecule has 4 aromatic rings. The van der Waals surface area contributed by atoms with Crippen molar-refractivity contribution in [2.75, 3.05) is 25.1 Å². The number of carbonyl (C=O) groups is 1. The van der Waals surface area contributed by atoms with Crippen molar-refractivity contribution < 1.29 is 9.53 Å². The van der Waals surface area contributed by atoms with Crippen LogP contribution in [0.1, 0.15) is 31.0 Å². The second kappa shape index (κ2) is 10.1. The van der Waals surface area contributed by atoms with Gasteiger partial charge in [-0.2, -0.15) is 10.2 Å². The van der Waals surface area contributed by atoms with Crippen LogP contribution < -0.4 is 21.9 Å². The number of fused-ring (bicyclic) bond motifs is 2. The molecule has 196 valence electrons. The first-order chi connectivity index (χ1) is 18.4. The van der Waals surface area contributed by atoms with Gasteiger partial charge in [-0.3, -0.25) is 18.7 Å². The summed E-state index contributed by atoms with van der Waals surface area (Å²) in [7, 11) is 1.23. The van der Waals surface area contributed by atoms with Gasteiger partial charge in [-0.1, -0.05) is 18.2 Å². The van der Waals surface area contributed by atoms with Gasteiger partial charge in [0.25, 0.3) is 5.56 Å². The van der Waals surface area contributed by atoms with Gasteiger partial charge in [-0.05, 0) is 31.9 Å². The summed E-state index contributed by atoms with van der Waals surface area (Å²) in [5.74, 6) is -0.139. The SMILES string of the molecule is CCn1c(N2CCCC(N)C2)nc2c1c(=O)n(Cc1nc3ccccc3cc1C#N)c(=O)n2CC(=O)OC. The summed E-state index contributed by atoms with van der Waals surface area (Å²) >= 11 is 0. The number of carbonyl (C=O) groups excluding carboxylic acids is 1. The predicted octanol–water partition coefficient (Wildman–Crippen LogP) is 0.948. The molecule has 4 heterocycles. The third-order valence-corrected chi connectivity index (χ3v) is 6.90. The fourth-order valence-electron chi connectivity index (χ4n) is 5.01. The van der Waals surface area contributed by atoms with Crippen LogP contribution in [-0.4, -0.2) is 55.9 Å². The molecule has 38 heavy (non-hydrogen) atoms. The number of esters is 1. The maximum atomic E-state index is 13.9. The van der Waals surface area contributed by atoms with Crippen LogP contribution in [0.3, 0.4) is 0 Å². The molecule has 5 rings (SSSR count). The lowest BCUT2D eigenvalue weighted by molar-refractivity contribution is -0.141. The molecule has 1 fully saturated rings. The fourth-order valence-corrected chi connectivity index (χ4v) is 5.01. The van der Waals surface area contributed by atoms with Gasteiger partial charge in [0, 0.05) is 31.1 Å². The quantitative estimate of drug-likeness (QED) is 0.369. The highest BCUT2D eigenvalue weighted by atomic mass is 16.5. The molecule has 1 unspecified atom stereocenters. The van der Waals surface area contributed by atoms with Crippen LogP contribution in [0.2, 0.25) is 0 Å². The van der Waals surface area contributed by atoms with E-state index in [1.54, 1.807) is 16.7 Å². The number of ether oxygens (including phenoxy) is 1. The van der Waals surface area contributed by atoms with Crippen LogP contribution in [0.15, 0.2) is 39.9 Å². The van der Waals surface area contributed by atoms with Crippen molar-refractivity contribution in [3.05, 3.63) is 62.4 Å². The lowest BCUT2D eigenvalue weighted by atomic mass is 10.1. The molecule has 0 spiro atoms. The van der Waals surface area contributed by atoms with Crippen molar-refractivity contribution >= 4 is 34.0 Å². The molecule has 0 saturated carbocycles. The van der Waals surface area contributed by atoms with E-state index in [2.05, 4.69) is 16.0 Å². The molecule has 1 aliphatic heterocycles. The molecule has 1 saturated heterocycles. The summed E-state index contributed by atoms with van der Waals surface area (Å²) < 4.78 is 8.72. The van der Waals surface area contributed by atoms with Gasteiger partial charge in [0.2, 0.25) is 5.95 Å². The highest BCUT2D eigenvalue weighted by Crippen LogP contribution is 2.23. The standard InChI is InChI=1S/C26H28N8O4/c1-3-32-22-23(30-25(32)31-10-6-8-18(28)13-31)33(15-21(35)38-2)26(37)34(24(22)36)14-20-17(12-27)11-16-7-4-5-9-19(16)29-20/h4-5,7,9,11,18H,3,6,8,10,13-15,28H2,1-2H3. The van der Waals surface area contributed by atoms with E-state index < -0.39 is 23.8 Å². The van der Waals surface area contributed by atoms with E-state index in [4.69, 9.17) is 10.5 Å². The van der Waals surface area contributed by atoms with E-state index >= 15 is 0 Å². The first-order valence-corrected chi connectivity index (χ1v) is 12.5. The largest absolute Gasteiger partial charge is 0.468 e. The zero-order valence-corrected chi connectivity index (χ0v) is 21.3. The summed E-state index contributed by atoms with van der Waals surface area (Å²) in [6.07, 6.45) is 1.76. The van der Waals surface area contributed by atoms with Crippen LogP contribution >= 0.6 is 0 Å². The van der Waals surface area contributed by atoms with Gasteiger partial charge in [-0.15, -0.1) is 0 Å². The van der Waals surface area contributed by atoms with E-state index in [9.17, 15) is 19.6 Å². The number of pyridine rings is 1. The molecule has 0 amide bonds. The topological polar surface area (TPSA) is 154 Å². The van der Waals surface area contributed by atoms with Crippen molar-refractivity contribution in [3.8, 4) is 6.07 Å². The van der Waals surface area contributed by atoms with Crippen molar-refractivity contribution in [2.24, 2.45) is 5.73 Å². The predicted molar refractivity (Wildman–Crippen MR) is 141 cm³/mol. The molecule has 12 nitrogen and oxygen atoms in total. The molecule has 1 aromatic carbocycles. The number of aromatic nitrogens is 5. The number of para-hydroxylation sites is 1. The van der Waals surface area contributed by atoms with Crippen LogP contribution in [0.4, 0.5) is 5.95 Å². The molecule has 0 aliphatic carbocycles. The van der Waals surface area contributed by atoms with E-state index in [0.29, 0.717) is 31.1 Å². The monoisotopic (exact) mass is 516 g/mol. The number of imidazole rings is 1. The van der Waals surface area contributed by atoms with E-state index in [0.717, 1.165) is 27.4 Å². The van der Waals surface area contributed by atoms with Gasteiger partial charge in [0.15, 0.2) is 11.2 Å². The third kappa shape index (κ3) is 4.31. The molecule has 2 N–H and O–H groups in total. The van der Waals surface area contributed by atoms with Crippen molar-refractivity contribution in [3.63, 3.8) is 0 Å². The number of hydrogen-bond acceptors (Lipinski definition) is 9. The summed E-state index contributed by atoms with van der Waals surface area (Å²) in [5.41, 5.74) is 6.33. The third-order valence-electron chi connectivity index (χ3n) is 6.90. The Hall–Kier alpha value is -4.50. The number of anilines is 1. The van der Waals surface area contributed by atoms with Crippen molar-refractivity contribution in [1.29, 1.82) is 5.26 Å². The van der Waals surface area contributed by atoms with Gasteiger partial charge in [0.1, 0.15) is 12.6 Å². The Morgan fingerprint density at radius 1 is 1.21 bits per heavy atom. The maximum Gasteiger partial charge on any atom is 0.333 e. The Morgan fingerprint density at radius 3 is 2.71 bits per heavy atom. The number of methoxy groups -OCH3 is 1. The van der Waals surface area contributed by atoms with Crippen LogP contribution in [-0.2, 0) is 29.2 Å². The van der Waals surface area contributed by atoms with E-state index in [1.165, 1.54) is 7.11 Å². The molecule has 0 bridgehead atoms. The van der Waals surface area contributed by atoms with Crippen molar-refractivity contribution in [1.82, 2.24) is 23.7 Å². The van der Waals surface area contributed by atoms with Crippen LogP contribution in [0, 0.1) is 11.3 Å². The minimum atomic E-state index is -0.741. The number of piperidine rings is 1. The molecule has 12 heteroatoms. The highest BCUT2D eigenvalue weighted by molar-refractivity contribution is 5.80.